The van der Waals surface area contributed by atoms with E-state index in [4.69, 9.17) is 5.11 Å². The van der Waals surface area contributed by atoms with Crippen molar-refractivity contribution in [2.24, 2.45) is 0 Å². The average molecular weight is 486 g/mol. The molecule has 0 aromatic heterocycles. The average Bonchev–Trinajstić information content (AvgIpc) is 2.87. The van der Waals surface area contributed by atoms with Gasteiger partial charge in [-0.1, -0.05) is 80.4 Å². The topological polar surface area (TPSA) is 66.4 Å². The lowest BCUT2D eigenvalue weighted by molar-refractivity contribution is -0.131. The molecule has 0 aliphatic heterocycles. The number of anilines is 1. The molecule has 180 valence electrons. The molecular formula is C30H31NO3S. The molecule has 0 radical (unpaired) electrons. The fraction of sp³-hybridized carbons (Fsp3) is 0.200. The van der Waals surface area contributed by atoms with Crippen LogP contribution in [-0.4, -0.2) is 17.0 Å². The van der Waals surface area contributed by atoms with Gasteiger partial charge in [-0.3, -0.25) is 4.79 Å². The van der Waals surface area contributed by atoms with E-state index in [0.29, 0.717) is 0 Å². The number of benzene rings is 3. The second-order valence-electron chi connectivity index (χ2n) is 8.22. The molecule has 2 N–H and O–H groups in total. The first kappa shape index (κ1) is 26.0. The minimum atomic E-state index is -0.964. The lowest BCUT2D eigenvalue weighted by atomic mass is 10.1. The molecule has 0 heterocycles. The number of aliphatic carboxylic acids is 1. The van der Waals surface area contributed by atoms with Gasteiger partial charge in [0.05, 0.1) is 5.69 Å². The van der Waals surface area contributed by atoms with E-state index in [2.05, 4.69) is 36.5 Å². The Morgan fingerprint density at radius 1 is 0.829 bits per heavy atom. The maximum absolute atomic E-state index is 12.5. The predicted molar refractivity (Wildman–Crippen MR) is 146 cm³/mol. The van der Waals surface area contributed by atoms with Crippen molar-refractivity contribution in [2.45, 2.75) is 43.3 Å². The summed E-state index contributed by atoms with van der Waals surface area (Å²) >= 11 is 1.64. The summed E-state index contributed by atoms with van der Waals surface area (Å²) in [6.45, 7) is 2.21. The standard InChI is InChI=1S/C30H31NO3S/c1-2-3-4-7-23-10-12-24(13-11-23)18-20-29(32)31-27-8-5-6-9-28(27)35-22-26-16-14-25(15-17-26)19-21-30(33)34/h5-6,8-21H,2-4,7,22H2,1H3,(H,31,32)(H,33,34)/b20-18+,21-19+. The second-order valence-corrected chi connectivity index (χ2v) is 9.24. The fourth-order valence-corrected chi connectivity index (χ4v) is 4.43. The van der Waals surface area contributed by atoms with Gasteiger partial charge in [-0.25, -0.2) is 4.79 Å². The van der Waals surface area contributed by atoms with Crippen LogP contribution in [0.3, 0.4) is 0 Å². The summed E-state index contributed by atoms with van der Waals surface area (Å²) in [6.07, 6.45) is 10.9. The van der Waals surface area contributed by atoms with Crippen molar-refractivity contribution in [1.82, 2.24) is 0 Å². The Morgan fingerprint density at radius 3 is 2.11 bits per heavy atom. The molecule has 0 saturated carbocycles. The Balaban J connectivity index is 1.55. The maximum atomic E-state index is 12.5. The third-order valence-corrected chi connectivity index (χ3v) is 6.56. The van der Waals surface area contributed by atoms with Gasteiger partial charge in [0.1, 0.15) is 0 Å². The summed E-state index contributed by atoms with van der Waals surface area (Å²) in [5.41, 5.74) is 5.06. The van der Waals surface area contributed by atoms with Gasteiger partial charge in [0.15, 0.2) is 0 Å². The van der Waals surface area contributed by atoms with Gasteiger partial charge in [-0.15, -0.1) is 11.8 Å². The van der Waals surface area contributed by atoms with Crippen molar-refractivity contribution >= 4 is 41.5 Å². The summed E-state index contributed by atoms with van der Waals surface area (Å²) < 4.78 is 0. The lowest BCUT2D eigenvalue weighted by Crippen LogP contribution is -2.08. The van der Waals surface area contributed by atoms with Crippen molar-refractivity contribution in [2.75, 3.05) is 5.32 Å². The molecule has 0 bridgehead atoms. The molecule has 4 nitrogen and oxygen atoms in total. The molecule has 0 aliphatic carbocycles. The van der Waals surface area contributed by atoms with Crippen LogP contribution in [0.5, 0.6) is 0 Å². The highest BCUT2D eigenvalue weighted by atomic mass is 32.2. The maximum Gasteiger partial charge on any atom is 0.328 e. The third kappa shape index (κ3) is 9.30. The highest BCUT2D eigenvalue weighted by Crippen LogP contribution is 2.30. The van der Waals surface area contributed by atoms with E-state index in [1.54, 1.807) is 23.9 Å². The summed E-state index contributed by atoms with van der Waals surface area (Å²) in [7, 11) is 0. The molecule has 0 atom stereocenters. The van der Waals surface area contributed by atoms with Gasteiger partial charge in [0.2, 0.25) is 5.91 Å². The van der Waals surface area contributed by atoms with Crippen LogP contribution in [0.1, 0.15) is 48.4 Å². The van der Waals surface area contributed by atoms with Crippen LogP contribution in [0.15, 0.2) is 89.8 Å². The number of carboxylic acid groups (broad SMARTS) is 1. The van der Waals surface area contributed by atoms with E-state index in [1.165, 1.54) is 24.8 Å². The van der Waals surface area contributed by atoms with Crippen molar-refractivity contribution in [1.29, 1.82) is 0 Å². The van der Waals surface area contributed by atoms with E-state index in [1.807, 2.05) is 54.6 Å². The smallest absolute Gasteiger partial charge is 0.328 e. The van der Waals surface area contributed by atoms with Crippen LogP contribution < -0.4 is 5.32 Å². The van der Waals surface area contributed by atoms with Crippen LogP contribution in [0, 0.1) is 0 Å². The van der Waals surface area contributed by atoms with Crippen molar-refractivity contribution < 1.29 is 14.7 Å². The first-order valence-electron chi connectivity index (χ1n) is 11.8. The number of rotatable bonds is 12. The normalized spacial score (nSPS) is 11.2. The molecule has 35 heavy (non-hydrogen) atoms. The number of hydrogen-bond acceptors (Lipinski definition) is 3. The summed E-state index contributed by atoms with van der Waals surface area (Å²) in [6, 6.07) is 23.9. The Kier molecular flexibility index (Phi) is 10.4. The predicted octanol–water partition coefficient (Wildman–Crippen LogP) is 7.46. The number of amides is 1. The first-order chi connectivity index (χ1) is 17.0. The number of para-hydroxylation sites is 1. The van der Waals surface area contributed by atoms with Crippen LogP contribution in [-0.2, 0) is 21.8 Å². The number of carboxylic acids is 1. The molecule has 5 heteroatoms. The third-order valence-electron chi connectivity index (χ3n) is 5.41. The fourth-order valence-electron chi connectivity index (χ4n) is 3.47. The Hall–Kier alpha value is -3.57. The zero-order chi connectivity index (χ0) is 24.9. The van der Waals surface area contributed by atoms with Gasteiger partial charge in [-0.2, -0.15) is 0 Å². The van der Waals surface area contributed by atoms with Gasteiger partial charge < -0.3 is 10.4 Å². The van der Waals surface area contributed by atoms with Gasteiger partial charge in [-0.05, 0) is 59.4 Å². The molecule has 0 saturated heterocycles. The largest absolute Gasteiger partial charge is 0.478 e. The summed E-state index contributed by atoms with van der Waals surface area (Å²) in [5.74, 6) is -0.399. The monoisotopic (exact) mass is 485 g/mol. The van der Waals surface area contributed by atoms with Crippen LogP contribution >= 0.6 is 11.8 Å². The SMILES string of the molecule is CCCCCc1ccc(/C=C/C(=O)Nc2ccccc2SCc2ccc(/C=C/C(=O)O)cc2)cc1. The van der Waals surface area contributed by atoms with Gasteiger partial charge in [0.25, 0.3) is 0 Å². The first-order valence-corrected chi connectivity index (χ1v) is 12.8. The van der Waals surface area contributed by atoms with Crippen LogP contribution in [0.4, 0.5) is 5.69 Å². The van der Waals surface area contributed by atoms with E-state index in [9.17, 15) is 9.59 Å². The zero-order valence-electron chi connectivity index (χ0n) is 19.9. The van der Waals surface area contributed by atoms with Crippen molar-refractivity contribution in [3.05, 3.63) is 107 Å². The minimum Gasteiger partial charge on any atom is -0.478 e. The number of nitrogens with one attached hydrogen (secondary N) is 1. The van der Waals surface area contributed by atoms with E-state index >= 15 is 0 Å². The number of aryl methyl sites for hydroxylation is 1. The lowest BCUT2D eigenvalue weighted by Gasteiger charge is -2.10. The van der Waals surface area contributed by atoms with Crippen LogP contribution in [0.2, 0.25) is 0 Å². The number of carbonyl (C=O) groups is 2. The molecule has 0 fully saturated rings. The molecule has 3 aromatic rings. The number of thioether (sulfide) groups is 1. The number of carbonyl (C=O) groups excluding carboxylic acids is 1. The van der Waals surface area contributed by atoms with E-state index in [-0.39, 0.29) is 5.91 Å². The van der Waals surface area contributed by atoms with Crippen LogP contribution in [0.25, 0.3) is 12.2 Å². The molecule has 1 amide bonds. The number of unbranched alkanes of at least 4 members (excludes halogenated alkanes) is 2. The number of hydrogen-bond donors (Lipinski definition) is 2. The quantitative estimate of drug-likeness (QED) is 0.159. The zero-order valence-corrected chi connectivity index (χ0v) is 20.8. The molecule has 0 aliphatic rings. The molecule has 0 spiro atoms. The van der Waals surface area contributed by atoms with Crippen molar-refractivity contribution in [3.8, 4) is 0 Å². The van der Waals surface area contributed by atoms with Gasteiger partial charge in [0, 0.05) is 22.8 Å². The highest BCUT2D eigenvalue weighted by Gasteiger charge is 2.06. The minimum absolute atomic E-state index is 0.167. The van der Waals surface area contributed by atoms with Gasteiger partial charge >= 0.3 is 5.97 Å². The molecule has 0 unspecified atom stereocenters. The second kappa shape index (κ2) is 14.0. The Bertz CT molecular complexity index is 1160. The Morgan fingerprint density at radius 2 is 1.46 bits per heavy atom. The molecular weight excluding hydrogens is 454 g/mol. The molecule has 3 rings (SSSR count). The van der Waals surface area contributed by atoms with E-state index in [0.717, 1.165) is 45.5 Å². The summed E-state index contributed by atoms with van der Waals surface area (Å²) in [5, 5.41) is 11.7. The van der Waals surface area contributed by atoms with E-state index < -0.39 is 5.97 Å². The molecule has 3 aromatic carbocycles. The highest BCUT2D eigenvalue weighted by molar-refractivity contribution is 7.98. The van der Waals surface area contributed by atoms with Crippen molar-refractivity contribution in [3.63, 3.8) is 0 Å². The summed E-state index contributed by atoms with van der Waals surface area (Å²) in [4.78, 5) is 24.2. The Labute approximate surface area is 211 Å².